The first-order chi connectivity index (χ1) is 16.9. The second-order valence-electron chi connectivity index (χ2n) is 10.5. The normalized spacial score (nSPS) is 24.1. The van der Waals surface area contributed by atoms with Gasteiger partial charge in [-0.15, -0.1) is 0 Å². The highest BCUT2D eigenvalue weighted by atomic mass is 16.2. The fourth-order valence-electron chi connectivity index (χ4n) is 6.09. The van der Waals surface area contributed by atoms with Crippen LogP contribution in [0.15, 0.2) is 18.2 Å². The number of rotatable bonds is 5. The van der Waals surface area contributed by atoms with Crippen LogP contribution in [0, 0.1) is 11.8 Å². The third-order valence-corrected chi connectivity index (χ3v) is 8.23. The van der Waals surface area contributed by atoms with E-state index in [4.69, 9.17) is 0 Å². The first-order valence-electron chi connectivity index (χ1n) is 13.1. The monoisotopic (exact) mass is 479 g/mol. The number of fused-ring (bicyclic) bond motifs is 1. The lowest BCUT2D eigenvalue weighted by Crippen LogP contribution is -2.54. The van der Waals surface area contributed by atoms with E-state index in [-0.39, 0.29) is 24.7 Å². The molecule has 1 atom stereocenters. The predicted molar refractivity (Wildman–Crippen MR) is 127 cm³/mol. The van der Waals surface area contributed by atoms with Gasteiger partial charge in [0, 0.05) is 25.4 Å². The van der Waals surface area contributed by atoms with Crippen molar-refractivity contribution >= 4 is 29.5 Å². The van der Waals surface area contributed by atoms with Gasteiger partial charge in [-0.05, 0) is 68.6 Å². The number of imide groups is 2. The van der Waals surface area contributed by atoms with E-state index in [1.54, 1.807) is 12.1 Å². The molecule has 3 fully saturated rings. The molecule has 1 N–H and O–H groups in total. The Morgan fingerprint density at radius 3 is 2.31 bits per heavy atom. The minimum atomic E-state index is -0.940. The van der Waals surface area contributed by atoms with Crippen molar-refractivity contribution in [1.29, 1.82) is 0 Å². The van der Waals surface area contributed by atoms with Crippen molar-refractivity contribution in [3.63, 3.8) is 0 Å². The largest absolute Gasteiger partial charge is 0.342 e. The molecule has 1 unspecified atom stereocenters. The molecule has 5 amide bonds. The number of piperidine rings is 2. The summed E-state index contributed by atoms with van der Waals surface area (Å²) in [7, 11) is 0. The number of nitrogens with one attached hydrogen (secondary N) is 1. The Balaban J connectivity index is 1.16. The number of likely N-dealkylation sites (tertiary alicyclic amines) is 1. The number of hydrogen-bond donors (Lipinski definition) is 1. The van der Waals surface area contributed by atoms with Crippen LogP contribution < -0.4 is 5.32 Å². The summed E-state index contributed by atoms with van der Waals surface area (Å²) >= 11 is 0. The highest BCUT2D eigenvalue weighted by Gasteiger charge is 2.44. The second kappa shape index (κ2) is 9.91. The molecule has 2 saturated heterocycles. The summed E-state index contributed by atoms with van der Waals surface area (Å²) in [6.45, 7) is 1.66. The molecule has 0 aromatic heterocycles. The Morgan fingerprint density at radius 2 is 1.60 bits per heavy atom. The van der Waals surface area contributed by atoms with Gasteiger partial charge in [-0.2, -0.15) is 0 Å². The minimum absolute atomic E-state index is 0.111. The quantitative estimate of drug-likeness (QED) is 0.654. The molecule has 3 heterocycles. The Kier molecular flexibility index (Phi) is 6.71. The third-order valence-electron chi connectivity index (χ3n) is 8.23. The van der Waals surface area contributed by atoms with Gasteiger partial charge in [0.2, 0.25) is 17.7 Å². The Bertz CT molecular complexity index is 1050. The van der Waals surface area contributed by atoms with E-state index >= 15 is 0 Å². The van der Waals surface area contributed by atoms with Crippen LogP contribution in [-0.4, -0.2) is 58.5 Å². The van der Waals surface area contributed by atoms with Gasteiger partial charge in [0.15, 0.2) is 0 Å². The van der Waals surface area contributed by atoms with Crippen molar-refractivity contribution in [3.8, 4) is 0 Å². The van der Waals surface area contributed by atoms with Crippen LogP contribution >= 0.6 is 0 Å². The summed E-state index contributed by atoms with van der Waals surface area (Å²) in [5, 5.41) is 2.22. The maximum absolute atomic E-state index is 13.0. The van der Waals surface area contributed by atoms with Gasteiger partial charge in [0.25, 0.3) is 11.8 Å². The zero-order chi connectivity index (χ0) is 24.5. The molecule has 1 aromatic rings. The molecule has 1 aromatic carbocycles. The van der Waals surface area contributed by atoms with Gasteiger partial charge >= 0.3 is 0 Å². The number of carbonyl (C=O) groups excluding carboxylic acids is 5. The fourth-order valence-corrected chi connectivity index (χ4v) is 6.09. The molecule has 5 rings (SSSR count). The molecule has 8 heteroatoms. The molecular formula is C27H33N3O5. The molecule has 0 radical (unpaired) electrons. The first-order valence-corrected chi connectivity index (χ1v) is 13.1. The molecule has 8 nitrogen and oxygen atoms in total. The van der Waals surface area contributed by atoms with E-state index in [1.807, 2.05) is 6.07 Å². The summed E-state index contributed by atoms with van der Waals surface area (Å²) in [5.74, 6) is -0.788. The van der Waals surface area contributed by atoms with E-state index in [9.17, 15) is 24.0 Å². The van der Waals surface area contributed by atoms with Gasteiger partial charge in [0.1, 0.15) is 6.04 Å². The molecular weight excluding hydrogens is 446 g/mol. The predicted octanol–water partition coefficient (Wildman–Crippen LogP) is 2.84. The van der Waals surface area contributed by atoms with Crippen molar-refractivity contribution < 1.29 is 24.0 Å². The zero-order valence-electron chi connectivity index (χ0n) is 20.1. The molecule has 186 valence electrons. The van der Waals surface area contributed by atoms with Gasteiger partial charge < -0.3 is 4.90 Å². The van der Waals surface area contributed by atoms with Gasteiger partial charge in [0.05, 0.1) is 11.1 Å². The van der Waals surface area contributed by atoms with Crippen LogP contribution in [0.25, 0.3) is 0 Å². The molecule has 3 aliphatic heterocycles. The van der Waals surface area contributed by atoms with Crippen molar-refractivity contribution in [1.82, 2.24) is 15.1 Å². The number of hydrogen-bond acceptors (Lipinski definition) is 5. The van der Waals surface area contributed by atoms with Gasteiger partial charge in [-0.3, -0.25) is 34.2 Å². The van der Waals surface area contributed by atoms with Crippen LogP contribution in [0.5, 0.6) is 0 Å². The highest BCUT2D eigenvalue weighted by Crippen LogP contribution is 2.31. The van der Waals surface area contributed by atoms with Crippen LogP contribution in [0.4, 0.5) is 0 Å². The summed E-state index contributed by atoms with van der Waals surface area (Å²) in [4.78, 5) is 65.4. The highest BCUT2D eigenvalue weighted by molar-refractivity contribution is 6.23. The van der Waals surface area contributed by atoms with Crippen molar-refractivity contribution in [2.45, 2.75) is 76.7 Å². The minimum Gasteiger partial charge on any atom is -0.342 e. The van der Waals surface area contributed by atoms with Crippen molar-refractivity contribution in [2.75, 3.05) is 13.1 Å². The van der Waals surface area contributed by atoms with Gasteiger partial charge in [-0.25, -0.2) is 0 Å². The SMILES string of the molecule is O=C1CCC(N2C(=O)c3ccc(CCC4CCN(C(=O)C5CCCCC5)CC4)cc3C2=O)C(=O)N1. The number of carbonyl (C=O) groups is 5. The van der Waals surface area contributed by atoms with Crippen molar-refractivity contribution in [3.05, 3.63) is 34.9 Å². The van der Waals surface area contributed by atoms with E-state index in [2.05, 4.69) is 10.2 Å². The molecule has 1 saturated carbocycles. The third kappa shape index (κ3) is 4.75. The lowest BCUT2D eigenvalue weighted by Gasteiger charge is -2.35. The van der Waals surface area contributed by atoms with E-state index in [0.717, 1.165) is 62.1 Å². The second-order valence-corrected chi connectivity index (χ2v) is 10.5. The average Bonchev–Trinajstić information content (AvgIpc) is 3.12. The average molecular weight is 480 g/mol. The summed E-state index contributed by atoms with van der Waals surface area (Å²) in [6.07, 6.45) is 9.73. The maximum atomic E-state index is 13.0. The summed E-state index contributed by atoms with van der Waals surface area (Å²) in [5.41, 5.74) is 1.65. The molecule has 35 heavy (non-hydrogen) atoms. The van der Waals surface area contributed by atoms with Crippen LogP contribution in [0.1, 0.15) is 90.5 Å². The lowest BCUT2D eigenvalue weighted by molar-refractivity contribution is -0.138. The Morgan fingerprint density at radius 1 is 0.886 bits per heavy atom. The fraction of sp³-hybridized carbons (Fsp3) is 0.593. The topological polar surface area (TPSA) is 104 Å². The summed E-state index contributed by atoms with van der Waals surface area (Å²) in [6, 6.07) is 4.41. The van der Waals surface area contributed by atoms with E-state index < -0.39 is 23.8 Å². The van der Waals surface area contributed by atoms with Crippen molar-refractivity contribution in [2.24, 2.45) is 11.8 Å². The maximum Gasteiger partial charge on any atom is 0.262 e. The zero-order valence-corrected chi connectivity index (χ0v) is 20.1. The Hall–Kier alpha value is -3.03. The van der Waals surface area contributed by atoms with Crippen LogP contribution in [0.3, 0.4) is 0 Å². The van der Waals surface area contributed by atoms with E-state index in [0.29, 0.717) is 23.0 Å². The molecule has 1 aliphatic carbocycles. The van der Waals surface area contributed by atoms with Crippen LogP contribution in [-0.2, 0) is 20.8 Å². The number of nitrogens with zero attached hydrogens (tertiary/aromatic N) is 2. The van der Waals surface area contributed by atoms with E-state index in [1.165, 1.54) is 19.3 Å². The Labute approximate surface area is 205 Å². The summed E-state index contributed by atoms with van der Waals surface area (Å²) < 4.78 is 0. The smallest absolute Gasteiger partial charge is 0.262 e. The standard InChI is InChI=1S/C27H33N3O5/c31-23-11-10-22(24(32)28-23)30-26(34)20-9-8-18(16-21(20)27(30)35)7-6-17-12-14-29(15-13-17)25(33)19-4-2-1-3-5-19/h8-9,16-17,19,22H,1-7,10-15H2,(H,28,31,32). The lowest BCUT2D eigenvalue weighted by atomic mass is 9.86. The molecule has 4 aliphatic rings. The van der Waals surface area contributed by atoms with Crippen LogP contribution in [0.2, 0.25) is 0 Å². The first kappa shape index (κ1) is 23.7. The number of benzene rings is 1. The number of amides is 5. The molecule has 0 spiro atoms. The van der Waals surface area contributed by atoms with Gasteiger partial charge in [-0.1, -0.05) is 25.3 Å². The number of aryl methyl sites for hydroxylation is 1. The molecule has 0 bridgehead atoms.